The zero-order valence-corrected chi connectivity index (χ0v) is 11.6. The van der Waals surface area contributed by atoms with Gasteiger partial charge in [0.15, 0.2) is 0 Å². The van der Waals surface area contributed by atoms with E-state index in [0.717, 1.165) is 11.3 Å². The highest BCUT2D eigenvalue weighted by Gasteiger charge is 2.30. The first kappa shape index (κ1) is 13.0. The van der Waals surface area contributed by atoms with Crippen molar-refractivity contribution in [2.75, 3.05) is 0 Å². The van der Waals surface area contributed by atoms with E-state index in [0.29, 0.717) is 0 Å². The standard InChI is InChI=1S/C14H22OSi/c1-5-13-10-9-11-14(12-13)15-16(6-2,7-3)8-4/h5,9-12H,1,6-8H2,2-4H3. The van der Waals surface area contributed by atoms with E-state index in [2.05, 4.69) is 39.5 Å². The molecule has 88 valence electrons. The average Bonchev–Trinajstić information content (AvgIpc) is 2.36. The normalized spacial score (nSPS) is 11.2. The SMILES string of the molecule is C=Cc1cccc(O[Si](CC)(CC)CC)c1. The van der Waals surface area contributed by atoms with Crippen molar-refractivity contribution in [3.63, 3.8) is 0 Å². The fourth-order valence-corrected chi connectivity index (χ4v) is 4.48. The van der Waals surface area contributed by atoms with Gasteiger partial charge in [0.2, 0.25) is 8.32 Å². The maximum absolute atomic E-state index is 6.28. The Bertz CT molecular complexity index is 334. The van der Waals surface area contributed by atoms with Crippen LogP contribution in [0.15, 0.2) is 30.8 Å². The van der Waals surface area contributed by atoms with Crippen LogP contribution in [0.5, 0.6) is 5.75 Å². The zero-order valence-electron chi connectivity index (χ0n) is 10.6. The highest BCUT2D eigenvalue weighted by atomic mass is 28.4. The van der Waals surface area contributed by atoms with Gasteiger partial charge in [0.25, 0.3) is 0 Å². The summed E-state index contributed by atoms with van der Waals surface area (Å²) in [4.78, 5) is 0. The van der Waals surface area contributed by atoms with E-state index in [1.54, 1.807) is 0 Å². The van der Waals surface area contributed by atoms with Crippen LogP contribution in [0.2, 0.25) is 18.1 Å². The maximum Gasteiger partial charge on any atom is 0.250 e. The van der Waals surface area contributed by atoms with Crippen LogP contribution >= 0.6 is 0 Å². The number of hydrogen-bond acceptors (Lipinski definition) is 1. The van der Waals surface area contributed by atoms with Gasteiger partial charge in [-0.05, 0) is 35.8 Å². The molecule has 0 bridgehead atoms. The van der Waals surface area contributed by atoms with Gasteiger partial charge in [0.05, 0.1) is 0 Å². The lowest BCUT2D eigenvalue weighted by molar-refractivity contribution is 0.532. The van der Waals surface area contributed by atoms with Crippen molar-refractivity contribution < 1.29 is 4.43 Å². The molecule has 0 atom stereocenters. The van der Waals surface area contributed by atoms with Crippen molar-refractivity contribution in [2.45, 2.75) is 38.9 Å². The van der Waals surface area contributed by atoms with E-state index in [4.69, 9.17) is 4.43 Å². The van der Waals surface area contributed by atoms with Gasteiger partial charge < -0.3 is 4.43 Å². The van der Waals surface area contributed by atoms with E-state index in [1.807, 2.05) is 18.2 Å². The Hall–Kier alpha value is -1.02. The smallest absolute Gasteiger partial charge is 0.250 e. The highest BCUT2D eigenvalue weighted by molar-refractivity contribution is 6.74. The molecule has 0 aliphatic carbocycles. The lowest BCUT2D eigenvalue weighted by atomic mass is 10.2. The first-order valence-electron chi connectivity index (χ1n) is 6.11. The Morgan fingerprint density at radius 1 is 1.19 bits per heavy atom. The van der Waals surface area contributed by atoms with Crippen molar-refractivity contribution in [3.05, 3.63) is 36.4 Å². The predicted octanol–water partition coefficient (Wildman–Crippen LogP) is 4.71. The molecule has 1 aromatic carbocycles. The van der Waals surface area contributed by atoms with E-state index in [1.165, 1.54) is 18.1 Å². The molecule has 2 heteroatoms. The summed E-state index contributed by atoms with van der Waals surface area (Å²) in [7, 11) is -1.53. The molecule has 0 radical (unpaired) electrons. The molecule has 0 saturated carbocycles. The molecular weight excluding hydrogens is 212 g/mol. The van der Waals surface area contributed by atoms with Crippen molar-refractivity contribution >= 4 is 14.4 Å². The van der Waals surface area contributed by atoms with Gasteiger partial charge in [0, 0.05) is 0 Å². The summed E-state index contributed by atoms with van der Waals surface area (Å²) in [6.07, 6.45) is 1.86. The van der Waals surface area contributed by atoms with Gasteiger partial charge in [-0.15, -0.1) is 0 Å². The summed E-state index contributed by atoms with van der Waals surface area (Å²) in [5.41, 5.74) is 1.13. The van der Waals surface area contributed by atoms with E-state index < -0.39 is 8.32 Å². The Balaban J connectivity index is 2.88. The van der Waals surface area contributed by atoms with Crippen molar-refractivity contribution in [2.24, 2.45) is 0 Å². The lowest BCUT2D eigenvalue weighted by Gasteiger charge is -2.29. The number of hydrogen-bond donors (Lipinski definition) is 0. The Labute approximate surface area is 100 Å². The summed E-state index contributed by atoms with van der Waals surface area (Å²) < 4.78 is 6.28. The van der Waals surface area contributed by atoms with Crippen LogP contribution in [0.1, 0.15) is 26.3 Å². The summed E-state index contributed by atoms with van der Waals surface area (Å²) in [6, 6.07) is 11.7. The third-order valence-corrected chi connectivity index (χ3v) is 7.90. The fraction of sp³-hybridized carbons (Fsp3) is 0.429. The molecule has 1 aromatic rings. The van der Waals surface area contributed by atoms with E-state index >= 15 is 0 Å². The quantitative estimate of drug-likeness (QED) is 0.647. The molecular formula is C14H22OSi. The molecule has 0 saturated heterocycles. The molecule has 0 heterocycles. The number of rotatable bonds is 6. The van der Waals surface area contributed by atoms with Crippen LogP contribution in [-0.4, -0.2) is 8.32 Å². The molecule has 1 rings (SSSR count). The fourth-order valence-electron chi connectivity index (χ4n) is 1.92. The largest absolute Gasteiger partial charge is 0.543 e. The maximum atomic E-state index is 6.28. The minimum Gasteiger partial charge on any atom is -0.543 e. The van der Waals surface area contributed by atoms with Crippen LogP contribution < -0.4 is 4.43 Å². The van der Waals surface area contributed by atoms with Crippen molar-refractivity contribution in [1.82, 2.24) is 0 Å². The zero-order chi connectivity index (χ0) is 12.0. The predicted molar refractivity (Wildman–Crippen MR) is 74.4 cm³/mol. The van der Waals surface area contributed by atoms with Crippen LogP contribution in [0.25, 0.3) is 6.08 Å². The second-order valence-corrected chi connectivity index (χ2v) is 8.81. The molecule has 0 fully saturated rings. The molecule has 0 aliphatic rings. The third-order valence-electron chi connectivity index (χ3n) is 3.36. The monoisotopic (exact) mass is 234 g/mol. The first-order valence-corrected chi connectivity index (χ1v) is 8.64. The van der Waals surface area contributed by atoms with E-state index in [-0.39, 0.29) is 0 Å². The third kappa shape index (κ3) is 2.98. The Morgan fingerprint density at radius 2 is 1.81 bits per heavy atom. The number of benzene rings is 1. The van der Waals surface area contributed by atoms with Crippen LogP contribution in [-0.2, 0) is 0 Å². The lowest BCUT2D eigenvalue weighted by Crippen LogP contribution is -2.39. The average molecular weight is 234 g/mol. The molecule has 16 heavy (non-hydrogen) atoms. The Kier molecular flexibility index (Phi) is 4.81. The summed E-state index contributed by atoms with van der Waals surface area (Å²) in [6.45, 7) is 10.5. The topological polar surface area (TPSA) is 9.23 Å². The van der Waals surface area contributed by atoms with Gasteiger partial charge >= 0.3 is 0 Å². The molecule has 0 aliphatic heterocycles. The second kappa shape index (κ2) is 5.90. The summed E-state index contributed by atoms with van der Waals surface area (Å²) in [5, 5.41) is 0. The molecule has 1 nitrogen and oxygen atoms in total. The van der Waals surface area contributed by atoms with Crippen LogP contribution in [0.4, 0.5) is 0 Å². The van der Waals surface area contributed by atoms with Crippen LogP contribution in [0, 0.1) is 0 Å². The second-order valence-electron chi connectivity index (χ2n) is 4.12. The minimum absolute atomic E-state index is 1.01. The Morgan fingerprint density at radius 3 is 2.31 bits per heavy atom. The van der Waals surface area contributed by atoms with Crippen molar-refractivity contribution in [1.29, 1.82) is 0 Å². The van der Waals surface area contributed by atoms with Crippen LogP contribution in [0.3, 0.4) is 0 Å². The van der Waals surface area contributed by atoms with E-state index in [9.17, 15) is 0 Å². The van der Waals surface area contributed by atoms with Gasteiger partial charge in [-0.1, -0.05) is 45.6 Å². The van der Waals surface area contributed by atoms with Crippen molar-refractivity contribution in [3.8, 4) is 5.75 Å². The molecule has 0 amide bonds. The minimum atomic E-state index is -1.53. The summed E-state index contributed by atoms with van der Waals surface area (Å²) in [5.74, 6) is 1.01. The summed E-state index contributed by atoms with van der Waals surface area (Å²) >= 11 is 0. The molecule has 0 aromatic heterocycles. The van der Waals surface area contributed by atoms with Gasteiger partial charge in [-0.25, -0.2) is 0 Å². The first-order chi connectivity index (χ1) is 7.69. The highest BCUT2D eigenvalue weighted by Crippen LogP contribution is 2.26. The molecule has 0 unspecified atom stereocenters. The van der Waals surface area contributed by atoms with Gasteiger partial charge in [-0.2, -0.15) is 0 Å². The van der Waals surface area contributed by atoms with Gasteiger partial charge in [0.1, 0.15) is 5.75 Å². The molecule has 0 N–H and O–H groups in total. The molecule has 0 spiro atoms. The van der Waals surface area contributed by atoms with Gasteiger partial charge in [-0.3, -0.25) is 0 Å².